The number of fused-ring (bicyclic) bond motifs is 2. The minimum Gasteiger partial charge on any atom is -0.632 e. The van der Waals surface area contributed by atoms with Crippen molar-refractivity contribution >= 4 is 0 Å². The van der Waals surface area contributed by atoms with Gasteiger partial charge < -0.3 is 9.85 Å². The highest BCUT2D eigenvalue weighted by Gasteiger charge is 2.42. The molecule has 0 radical (unpaired) electrons. The molecule has 0 N–H and O–H groups in total. The van der Waals surface area contributed by atoms with Crippen LogP contribution in [0.2, 0.25) is 0 Å². The molecule has 2 nitrogen and oxygen atoms in total. The molecule has 1 aromatic carbocycles. The summed E-state index contributed by atoms with van der Waals surface area (Å²) in [5.74, 6) is 0.538. The third-order valence-electron chi connectivity index (χ3n) is 3.59. The molecule has 78 valence electrons. The Morgan fingerprint density at radius 3 is 2.60 bits per heavy atom. The molecule has 15 heavy (non-hydrogen) atoms. The quantitative estimate of drug-likeness (QED) is 0.409. The van der Waals surface area contributed by atoms with E-state index in [9.17, 15) is 5.21 Å². The molecule has 1 saturated heterocycles. The molecule has 2 aliphatic rings. The predicted molar refractivity (Wildman–Crippen MR) is 59.7 cm³/mol. The first kappa shape index (κ1) is 9.13. The number of quaternary nitrogens is 1. The summed E-state index contributed by atoms with van der Waals surface area (Å²) >= 11 is 0. The van der Waals surface area contributed by atoms with E-state index in [1.165, 1.54) is 0 Å². The van der Waals surface area contributed by atoms with E-state index in [4.69, 9.17) is 0 Å². The highest BCUT2D eigenvalue weighted by Crippen LogP contribution is 2.38. The Morgan fingerprint density at radius 1 is 1.20 bits per heavy atom. The van der Waals surface area contributed by atoms with Crippen LogP contribution in [0.3, 0.4) is 0 Å². The standard InChI is InChI=1S/C13H15NO/c15-14(9-11-4-2-1-3-5-11)10-12-6-7-13(14)8-12/h1-7,12-13H,8-10H2/t12-,13+,14+/m0/s1. The van der Waals surface area contributed by atoms with E-state index in [0.717, 1.165) is 18.5 Å². The second-order valence-electron chi connectivity index (χ2n) is 4.73. The molecule has 0 spiro atoms. The molecule has 1 aromatic rings. The summed E-state index contributed by atoms with van der Waals surface area (Å²) in [5.41, 5.74) is 1.16. The number of hydrogen-bond donors (Lipinski definition) is 0. The van der Waals surface area contributed by atoms with Gasteiger partial charge in [-0.25, -0.2) is 0 Å². The van der Waals surface area contributed by atoms with E-state index in [2.05, 4.69) is 12.2 Å². The summed E-state index contributed by atoms with van der Waals surface area (Å²) in [5, 5.41) is 12.6. The molecular formula is C13H15NO. The third-order valence-corrected chi connectivity index (χ3v) is 3.59. The van der Waals surface area contributed by atoms with Crippen molar-refractivity contribution in [3.05, 3.63) is 53.3 Å². The maximum atomic E-state index is 12.6. The van der Waals surface area contributed by atoms with Gasteiger partial charge in [-0.15, -0.1) is 0 Å². The molecule has 3 atom stereocenters. The van der Waals surface area contributed by atoms with Gasteiger partial charge >= 0.3 is 0 Å². The van der Waals surface area contributed by atoms with Crippen LogP contribution in [0.5, 0.6) is 0 Å². The van der Waals surface area contributed by atoms with E-state index in [0.29, 0.717) is 12.5 Å². The van der Waals surface area contributed by atoms with Crippen LogP contribution < -0.4 is 0 Å². The highest BCUT2D eigenvalue weighted by molar-refractivity contribution is 5.15. The van der Waals surface area contributed by atoms with Crippen molar-refractivity contribution in [1.29, 1.82) is 0 Å². The van der Waals surface area contributed by atoms with Gasteiger partial charge in [-0.1, -0.05) is 36.4 Å². The zero-order valence-corrected chi connectivity index (χ0v) is 8.67. The van der Waals surface area contributed by atoms with Crippen molar-refractivity contribution in [1.82, 2.24) is 0 Å². The predicted octanol–water partition coefficient (Wildman–Crippen LogP) is 2.46. The van der Waals surface area contributed by atoms with Gasteiger partial charge in [0, 0.05) is 17.9 Å². The van der Waals surface area contributed by atoms with Crippen LogP contribution in [0.1, 0.15) is 12.0 Å². The second kappa shape index (κ2) is 3.19. The van der Waals surface area contributed by atoms with Crippen molar-refractivity contribution in [3.8, 4) is 0 Å². The Labute approximate surface area is 90.0 Å². The van der Waals surface area contributed by atoms with Crippen molar-refractivity contribution in [2.45, 2.75) is 19.0 Å². The van der Waals surface area contributed by atoms with Crippen LogP contribution in [0.4, 0.5) is 0 Å². The fourth-order valence-corrected chi connectivity index (χ4v) is 2.84. The molecule has 1 aliphatic carbocycles. The second-order valence-corrected chi connectivity index (χ2v) is 4.73. The van der Waals surface area contributed by atoms with E-state index in [1.807, 2.05) is 30.3 Å². The number of benzene rings is 1. The van der Waals surface area contributed by atoms with Gasteiger partial charge in [0.2, 0.25) is 0 Å². The lowest BCUT2D eigenvalue weighted by molar-refractivity contribution is -0.901. The summed E-state index contributed by atoms with van der Waals surface area (Å²) in [6.07, 6.45) is 5.39. The van der Waals surface area contributed by atoms with Gasteiger partial charge in [0.25, 0.3) is 0 Å². The smallest absolute Gasteiger partial charge is 0.108 e. The molecule has 0 unspecified atom stereocenters. The fraction of sp³-hybridized carbons (Fsp3) is 0.385. The lowest BCUT2D eigenvalue weighted by Crippen LogP contribution is -2.45. The Bertz CT molecular complexity index is 387. The van der Waals surface area contributed by atoms with Crippen molar-refractivity contribution in [3.63, 3.8) is 0 Å². The van der Waals surface area contributed by atoms with Gasteiger partial charge in [0.15, 0.2) is 0 Å². The number of hydrogen-bond acceptors (Lipinski definition) is 1. The van der Waals surface area contributed by atoms with E-state index in [-0.39, 0.29) is 10.7 Å². The van der Waals surface area contributed by atoms with Gasteiger partial charge in [-0.3, -0.25) is 0 Å². The molecule has 1 fully saturated rings. The van der Waals surface area contributed by atoms with Gasteiger partial charge in [0.05, 0.1) is 6.54 Å². The summed E-state index contributed by atoms with van der Waals surface area (Å²) in [6, 6.07) is 10.3. The number of likely N-dealkylation sites (tertiary alicyclic amines) is 1. The summed E-state index contributed by atoms with van der Waals surface area (Å²) in [4.78, 5) is 0. The first-order valence-corrected chi connectivity index (χ1v) is 5.56. The topological polar surface area (TPSA) is 23.1 Å². The highest BCUT2D eigenvalue weighted by atomic mass is 16.5. The van der Waals surface area contributed by atoms with Crippen LogP contribution in [0, 0.1) is 11.1 Å². The van der Waals surface area contributed by atoms with Crippen LogP contribution in [-0.4, -0.2) is 17.2 Å². The lowest BCUT2D eigenvalue weighted by atomic mass is 10.1. The molecule has 2 bridgehead atoms. The fourth-order valence-electron chi connectivity index (χ4n) is 2.84. The van der Waals surface area contributed by atoms with Crippen LogP contribution in [0.15, 0.2) is 42.5 Å². The maximum absolute atomic E-state index is 12.6. The first-order chi connectivity index (χ1) is 7.26. The average Bonchev–Trinajstić information content (AvgIpc) is 2.78. The van der Waals surface area contributed by atoms with E-state index < -0.39 is 0 Å². The first-order valence-electron chi connectivity index (χ1n) is 5.56. The van der Waals surface area contributed by atoms with Gasteiger partial charge in [-0.2, -0.15) is 0 Å². The SMILES string of the molecule is [O-][N@+]1(Cc2ccccc2)C[C@H]2C=C[C@@H]1C2. The van der Waals surface area contributed by atoms with Crippen molar-refractivity contribution in [2.24, 2.45) is 5.92 Å². The average molecular weight is 201 g/mol. The molecular weight excluding hydrogens is 186 g/mol. The number of nitrogens with zero attached hydrogens (tertiary/aromatic N) is 1. The maximum Gasteiger partial charge on any atom is 0.108 e. The molecule has 1 heterocycles. The minimum atomic E-state index is -0.0365. The normalized spacial score (nSPS) is 37.4. The molecule has 0 aromatic heterocycles. The molecule has 0 saturated carbocycles. The molecule has 2 heteroatoms. The van der Waals surface area contributed by atoms with E-state index in [1.54, 1.807) is 0 Å². The van der Waals surface area contributed by atoms with Gasteiger partial charge in [0.1, 0.15) is 12.6 Å². The Morgan fingerprint density at radius 2 is 2.00 bits per heavy atom. The van der Waals surface area contributed by atoms with Gasteiger partial charge in [-0.05, 0) is 6.08 Å². The molecule has 1 aliphatic heterocycles. The zero-order valence-electron chi connectivity index (χ0n) is 8.67. The summed E-state index contributed by atoms with van der Waals surface area (Å²) in [6.45, 7) is 1.41. The van der Waals surface area contributed by atoms with Crippen LogP contribution in [-0.2, 0) is 6.54 Å². The van der Waals surface area contributed by atoms with Crippen LogP contribution in [0.25, 0.3) is 0 Å². The Balaban J connectivity index is 1.81. The number of rotatable bonds is 2. The summed E-state index contributed by atoms with van der Waals surface area (Å²) in [7, 11) is 0. The largest absolute Gasteiger partial charge is 0.632 e. The minimum absolute atomic E-state index is 0.0365. The monoisotopic (exact) mass is 201 g/mol. The van der Waals surface area contributed by atoms with E-state index >= 15 is 0 Å². The third kappa shape index (κ3) is 1.50. The summed E-state index contributed by atoms with van der Waals surface area (Å²) < 4.78 is -0.0365. The zero-order chi connectivity index (χ0) is 10.3. The Kier molecular flexibility index (Phi) is 1.94. The molecule has 0 amide bonds. The Hall–Kier alpha value is -1.12. The van der Waals surface area contributed by atoms with Crippen molar-refractivity contribution in [2.75, 3.05) is 6.54 Å². The van der Waals surface area contributed by atoms with Crippen LogP contribution >= 0.6 is 0 Å². The van der Waals surface area contributed by atoms with Crippen molar-refractivity contribution < 1.29 is 4.65 Å². The molecule has 3 rings (SSSR count). The lowest BCUT2D eigenvalue weighted by Gasteiger charge is -2.44. The number of hydroxylamine groups is 3.